The van der Waals surface area contributed by atoms with E-state index >= 15 is 0 Å². The number of carbonyl (C=O) groups is 1. The molecule has 0 saturated heterocycles. The molecule has 227 valence electrons. The van der Waals surface area contributed by atoms with Crippen molar-refractivity contribution in [2.75, 3.05) is 0 Å². The van der Waals surface area contributed by atoms with Crippen LogP contribution in [0, 0.1) is 17.9 Å². The predicted molar refractivity (Wildman–Crippen MR) is 178 cm³/mol. The van der Waals surface area contributed by atoms with Crippen molar-refractivity contribution in [1.29, 1.82) is 0 Å². The van der Waals surface area contributed by atoms with Crippen LogP contribution in [0.2, 0.25) is 0 Å². The zero-order valence-corrected chi connectivity index (χ0v) is 28.0. The van der Waals surface area contributed by atoms with Gasteiger partial charge >= 0.3 is 0 Å². The predicted octanol–water partition coefficient (Wildman–Crippen LogP) is 10.4. The Hall–Kier alpha value is -3.99. The molecular weight excluding hydrogens is 725 g/mol. The number of ketones is 1. The van der Waals surface area contributed by atoms with E-state index in [9.17, 15) is 9.90 Å². The van der Waals surface area contributed by atoms with Crippen molar-refractivity contribution in [2.24, 2.45) is 11.8 Å². The normalized spacial score (nSPS) is 12.1. The fraction of sp³-hybridized carbons (Fsp3) is 0.263. The van der Waals surface area contributed by atoms with Crippen LogP contribution in [0.5, 0.6) is 0 Å². The Bertz CT molecular complexity index is 2130. The molecule has 0 bridgehead atoms. The number of aliphatic hydroxyl groups excluding tert-OH is 1. The van der Waals surface area contributed by atoms with Crippen molar-refractivity contribution in [2.45, 2.75) is 53.4 Å². The first-order chi connectivity index (χ1) is 21.0. The smallest absolute Gasteiger partial charge is 0.162 e. The molecule has 0 unspecified atom stereocenters. The van der Waals surface area contributed by atoms with Crippen molar-refractivity contribution in [3.05, 3.63) is 97.0 Å². The monoisotopic (exact) mass is 762 g/mol. The number of carbonyl (C=O) groups excluding carboxylic acids is 1. The Morgan fingerprint density at radius 2 is 1.57 bits per heavy atom. The molecule has 0 spiro atoms. The number of para-hydroxylation sites is 1. The minimum atomic E-state index is 0. The van der Waals surface area contributed by atoms with Crippen LogP contribution in [0.15, 0.2) is 95.4 Å². The number of aromatic nitrogens is 2. The Morgan fingerprint density at radius 3 is 2.32 bits per heavy atom. The number of fused-ring (bicyclic) bond motifs is 11. The largest absolute Gasteiger partial charge is 0.512 e. The molecule has 1 N–H and O–H groups in total. The molecule has 7 rings (SSSR count). The topological polar surface area (TPSA) is 67.7 Å². The SMILES string of the molecule is CCC(CC)C(=O)/C=C(\O)C(CC)CC.[Ir].[c-]1c2ccccc2cc2c1c1nccn1c1c2ccc2c3ccccc3oc21. The third-order valence-corrected chi connectivity index (χ3v) is 8.79. The number of nitrogens with zero attached hydrogens (tertiary/aromatic N) is 2. The van der Waals surface area contributed by atoms with Gasteiger partial charge in [-0.05, 0) is 37.1 Å². The van der Waals surface area contributed by atoms with Gasteiger partial charge in [-0.3, -0.25) is 9.78 Å². The number of rotatable bonds is 7. The van der Waals surface area contributed by atoms with Crippen LogP contribution in [0.3, 0.4) is 0 Å². The summed E-state index contributed by atoms with van der Waals surface area (Å²) in [6.45, 7) is 8.07. The molecule has 0 aliphatic carbocycles. The standard InChI is InChI=1S/C25H13N2O.C13H24O2.Ir/c1-2-6-16-14-21-20(13-15(16)5-1)18-9-10-19-17-7-3-4-8-22(17)28-24(19)23(18)27-12-11-26-25(21)27;1-5-10(6-2)12(14)9-13(15)11(7-3)8-4;/h1-13H;9-11,14H,5-8H2,1-4H3;/q-1;;/b;12-9-;. The molecule has 0 aliphatic rings. The summed E-state index contributed by atoms with van der Waals surface area (Å²) >= 11 is 0. The number of pyridine rings is 1. The number of hydrogen-bond donors (Lipinski definition) is 1. The molecule has 0 amide bonds. The van der Waals surface area contributed by atoms with E-state index in [1.165, 1.54) is 11.5 Å². The third kappa shape index (κ3) is 5.53. The van der Waals surface area contributed by atoms with Crippen LogP contribution >= 0.6 is 0 Å². The average Bonchev–Trinajstić information content (AvgIpc) is 3.67. The molecule has 7 aromatic rings. The average molecular weight is 762 g/mol. The van der Waals surface area contributed by atoms with Crippen molar-refractivity contribution >= 4 is 65.8 Å². The van der Waals surface area contributed by atoms with Gasteiger partial charge in [0.1, 0.15) is 5.58 Å². The number of furan rings is 1. The first-order valence-electron chi connectivity index (χ1n) is 15.4. The maximum atomic E-state index is 11.7. The Balaban J connectivity index is 0.000000209. The van der Waals surface area contributed by atoms with E-state index in [0.717, 1.165) is 80.3 Å². The van der Waals surface area contributed by atoms with E-state index in [2.05, 4.69) is 64.0 Å². The van der Waals surface area contributed by atoms with Gasteiger partial charge in [0.25, 0.3) is 0 Å². The Labute approximate surface area is 270 Å². The van der Waals surface area contributed by atoms with Gasteiger partial charge < -0.3 is 13.9 Å². The van der Waals surface area contributed by atoms with Crippen molar-refractivity contribution in [3.8, 4) is 0 Å². The van der Waals surface area contributed by atoms with Gasteiger partial charge in [-0.2, -0.15) is 0 Å². The van der Waals surface area contributed by atoms with Crippen LogP contribution < -0.4 is 0 Å². The van der Waals surface area contributed by atoms with Crippen LogP contribution in [-0.2, 0) is 24.9 Å². The number of hydrogen-bond acceptors (Lipinski definition) is 4. The van der Waals surface area contributed by atoms with E-state index in [-0.39, 0.29) is 43.5 Å². The molecule has 3 heterocycles. The summed E-state index contributed by atoms with van der Waals surface area (Å²) in [5.74, 6) is 0.547. The van der Waals surface area contributed by atoms with Crippen LogP contribution in [0.25, 0.3) is 60.0 Å². The summed E-state index contributed by atoms with van der Waals surface area (Å²) in [6.07, 6.45) is 8.76. The molecule has 5 nitrogen and oxygen atoms in total. The van der Waals surface area contributed by atoms with Gasteiger partial charge in [-0.25, -0.2) is 0 Å². The maximum absolute atomic E-state index is 11.7. The molecule has 0 saturated carbocycles. The van der Waals surface area contributed by atoms with E-state index in [1.54, 1.807) is 0 Å². The zero-order chi connectivity index (χ0) is 30.1. The minimum Gasteiger partial charge on any atom is -0.512 e. The minimum absolute atomic E-state index is 0. The van der Waals surface area contributed by atoms with Crippen LogP contribution in [0.4, 0.5) is 0 Å². The van der Waals surface area contributed by atoms with E-state index in [0.29, 0.717) is 0 Å². The molecule has 0 atom stereocenters. The molecule has 0 aliphatic heterocycles. The summed E-state index contributed by atoms with van der Waals surface area (Å²) < 4.78 is 8.45. The molecule has 3 aromatic heterocycles. The Kier molecular flexibility index (Phi) is 9.53. The van der Waals surface area contributed by atoms with Gasteiger partial charge in [-0.1, -0.05) is 92.4 Å². The van der Waals surface area contributed by atoms with Crippen LogP contribution in [-0.4, -0.2) is 20.3 Å². The maximum Gasteiger partial charge on any atom is 0.162 e. The first-order valence-corrected chi connectivity index (χ1v) is 15.4. The van der Waals surface area contributed by atoms with E-state index < -0.39 is 0 Å². The quantitative estimate of drug-likeness (QED) is 0.0578. The molecule has 0 fully saturated rings. The zero-order valence-electron chi connectivity index (χ0n) is 25.6. The number of imidazole rings is 1. The third-order valence-electron chi connectivity index (χ3n) is 8.79. The van der Waals surface area contributed by atoms with Gasteiger partial charge in [0, 0.05) is 61.2 Å². The van der Waals surface area contributed by atoms with Crippen molar-refractivity contribution < 1.29 is 34.4 Å². The second-order valence-corrected chi connectivity index (χ2v) is 11.2. The molecular formula is C38H37IrN2O3-. The van der Waals surface area contributed by atoms with Crippen LogP contribution in [0.1, 0.15) is 53.4 Å². The van der Waals surface area contributed by atoms with Gasteiger partial charge in [0.05, 0.1) is 16.9 Å². The summed E-state index contributed by atoms with van der Waals surface area (Å²) in [6, 6.07) is 26.7. The number of allylic oxidation sites excluding steroid dienone is 2. The summed E-state index contributed by atoms with van der Waals surface area (Å²) in [5, 5.41) is 17.6. The fourth-order valence-corrected chi connectivity index (χ4v) is 6.23. The second kappa shape index (κ2) is 13.3. The molecule has 4 aromatic carbocycles. The fourth-order valence-electron chi connectivity index (χ4n) is 6.23. The van der Waals surface area contributed by atoms with Gasteiger partial charge in [0.2, 0.25) is 0 Å². The van der Waals surface area contributed by atoms with Crippen molar-refractivity contribution in [1.82, 2.24) is 9.38 Å². The van der Waals surface area contributed by atoms with E-state index in [4.69, 9.17) is 4.42 Å². The second-order valence-electron chi connectivity index (χ2n) is 11.2. The summed E-state index contributed by atoms with van der Waals surface area (Å²) in [5.41, 5.74) is 3.76. The first kappa shape index (κ1) is 31.4. The summed E-state index contributed by atoms with van der Waals surface area (Å²) in [4.78, 5) is 16.4. The van der Waals surface area contributed by atoms with Gasteiger partial charge in [0.15, 0.2) is 11.4 Å². The van der Waals surface area contributed by atoms with Crippen molar-refractivity contribution in [3.63, 3.8) is 0 Å². The molecule has 6 heteroatoms. The molecule has 1 radical (unpaired) electrons. The number of benzene rings is 4. The molecule has 44 heavy (non-hydrogen) atoms. The number of aliphatic hydroxyl groups is 1. The Morgan fingerprint density at radius 1 is 0.886 bits per heavy atom. The van der Waals surface area contributed by atoms with Gasteiger partial charge in [-0.15, -0.1) is 23.6 Å². The summed E-state index contributed by atoms with van der Waals surface area (Å²) in [7, 11) is 0. The van der Waals surface area contributed by atoms with E-state index in [1.807, 2.05) is 58.3 Å².